The number of fused-ring (bicyclic) bond motifs is 1. The van der Waals surface area contributed by atoms with Gasteiger partial charge >= 0.3 is 0 Å². The summed E-state index contributed by atoms with van der Waals surface area (Å²) in [5, 5.41) is 0. The standard InChI is InChI=1S/C18H19NO2S/c1-12-7-9-15(10-8-12)22(20,21)19-18-14(3)11-17-13(2)5-4-6-16(17)18/h4-11,18-19H,1-3H3. The number of benzene rings is 2. The first-order valence-electron chi connectivity index (χ1n) is 7.25. The second kappa shape index (κ2) is 5.38. The Balaban J connectivity index is 1.96. The first-order valence-corrected chi connectivity index (χ1v) is 8.73. The quantitative estimate of drug-likeness (QED) is 0.938. The van der Waals surface area contributed by atoms with Crippen LogP contribution in [-0.4, -0.2) is 8.42 Å². The van der Waals surface area contributed by atoms with Crippen LogP contribution in [-0.2, 0) is 10.0 Å². The van der Waals surface area contributed by atoms with E-state index in [1.807, 2.05) is 51.1 Å². The van der Waals surface area contributed by atoms with Gasteiger partial charge < -0.3 is 0 Å². The molecule has 1 atom stereocenters. The van der Waals surface area contributed by atoms with E-state index in [-0.39, 0.29) is 6.04 Å². The van der Waals surface area contributed by atoms with Crippen LogP contribution < -0.4 is 4.72 Å². The molecular weight excluding hydrogens is 294 g/mol. The lowest BCUT2D eigenvalue weighted by molar-refractivity contribution is 0.572. The molecule has 1 aliphatic rings. The van der Waals surface area contributed by atoms with Crippen LogP contribution in [0.25, 0.3) is 6.08 Å². The molecule has 0 spiro atoms. The Morgan fingerprint density at radius 1 is 0.955 bits per heavy atom. The molecule has 0 aromatic heterocycles. The van der Waals surface area contributed by atoms with Crippen LogP contribution in [0.15, 0.2) is 52.9 Å². The maximum atomic E-state index is 12.6. The molecule has 0 heterocycles. The van der Waals surface area contributed by atoms with Gasteiger partial charge in [-0.05, 0) is 49.6 Å². The highest BCUT2D eigenvalue weighted by Gasteiger charge is 2.28. The molecule has 2 aromatic carbocycles. The minimum Gasteiger partial charge on any atom is -0.207 e. The van der Waals surface area contributed by atoms with Crippen molar-refractivity contribution in [2.24, 2.45) is 0 Å². The van der Waals surface area contributed by atoms with Crippen LogP contribution in [0.2, 0.25) is 0 Å². The van der Waals surface area contributed by atoms with E-state index in [2.05, 4.69) is 10.8 Å². The van der Waals surface area contributed by atoms with Gasteiger partial charge in [0.25, 0.3) is 0 Å². The summed E-state index contributed by atoms with van der Waals surface area (Å²) < 4.78 is 28.0. The van der Waals surface area contributed by atoms with E-state index < -0.39 is 10.0 Å². The zero-order chi connectivity index (χ0) is 15.9. The third-order valence-corrected chi connectivity index (χ3v) is 5.54. The van der Waals surface area contributed by atoms with Crippen molar-refractivity contribution >= 4 is 16.1 Å². The van der Waals surface area contributed by atoms with Crippen LogP contribution in [0.5, 0.6) is 0 Å². The average molecular weight is 313 g/mol. The van der Waals surface area contributed by atoms with Crippen molar-refractivity contribution in [2.45, 2.75) is 31.7 Å². The highest BCUT2D eigenvalue weighted by Crippen LogP contribution is 2.36. The molecule has 0 fully saturated rings. The third kappa shape index (κ3) is 2.60. The Morgan fingerprint density at radius 3 is 2.32 bits per heavy atom. The van der Waals surface area contributed by atoms with Crippen molar-refractivity contribution in [1.82, 2.24) is 4.72 Å². The minimum atomic E-state index is -3.54. The van der Waals surface area contributed by atoms with Gasteiger partial charge in [-0.3, -0.25) is 0 Å². The van der Waals surface area contributed by atoms with Crippen LogP contribution in [0.1, 0.15) is 35.2 Å². The van der Waals surface area contributed by atoms with Crippen LogP contribution in [0, 0.1) is 13.8 Å². The molecule has 0 bridgehead atoms. The Kier molecular flexibility index (Phi) is 3.67. The molecule has 1 aliphatic carbocycles. The number of aryl methyl sites for hydroxylation is 2. The maximum Gasteiger partial charge on any atom is 0.241 e. The highest BCUT2D eigenvalue weighted by atomic mass is 32.2. The smallest absolute Gasteiger partial charge is 0.207 e. The Bertz CT molecular complexity index is 849. The van der Waals surface area contributed by atoms with Crippen molar-refractivity contribution in [3.05, 3.63) is 70.3 Å². The number of rotatable bonds is 3. The van der Waals surface area contributed by atoms with Gasteiger partial charge in [0.1, 0.15) is 0 Å². The van der Waals surface area contributed by atoms with Crippen molar-refractivity contribution in [1.29, 1.82) is 0 Å². The van der Waals surface area contributed by atoms with Crippen molar-refractivity contribution < 1.29 is 8.42 Å². The van der Waals surface area contributed by atoms with E-state index in [1.54, 1.807) is 12.1 Å². The summed E-state index contributed by atoms with van der Waals surface area (Å²) in [7, 11) is -3.54. The van der Waals surface area contributed by atoms with E-state index >= 15 is 0 Å². The minimum absolute atomic E-state index is 0.291. The van der Waals surface area contributed by atoms with Gasteiger partial charge in [0, 0.05) is 0 Å². The molecular formula is C18H19NO2S. The third-order valence-electron chi connectivity index (χ3n) is 4.10. The summed E-state index contributed by atoms with van der Waals surface area (Å²) in [4.78, 5) is 0.298. The van der Waals surface area contributed by atoms with Crippen LogP contribution in [0.4, 0.5) is 0 Å². The number of nitrogens with one attached hydrogen (secondary N) is 1. The fourth-order valence-electron chi connectivity index (χ4n) is 2.81. The normalized spacial score (nSPS) is 17.2. The fourth-order valence-corrected chi connectivity index (χ4v) is 4.06. The molecule has 0 aliphatic heterocycles. The zero-order valence-corrected chi connectivity index (χ0v) is 13.7. The van der Waals surface area contributed by atoms with Crippen molar-refractivity contribution in [3.8, 4) is 0 Å². The van der Waals surface area contributed by atoms with Crippen LogP contribution in [0.3, 0.4) is 0 Å². The SMILES string of the molecule is CC1=Cc2c(C)cccc2C1NS(=O)(=O)c1ccc(C)cc1. The molecule has 2 aromatic rings. The van der Waals surface area contributed by atoms with E-state index in [1.165, 1.54) is 0 Å². The maximum absolute atomic E-state index is 12.6. The Labute approximate surface area is 131 Å². The first kappa shape index (κ1) is 15.0. The van der Waals surface area contributed by atoms with Gasteiger partial charge in [-0.25, -0.2) is 8.42 Å². The molecule has 0 amide bonds. The molecule has 3 rings (SSSR count). The number of hydrogen-bond donors (Lipinski definition) is 1. The van der Waals surface area contributed by atoms with Gasteiger partial charge in [-0.2, -0.15) is 4.72 Å². The molecule has 0 saturated carbocycles. The summed E-state index contributed by atoms with van der Waals surface area (Å²) >= 11 is 0. The van der Waals surface area contributed by atoms with Gasteiger partial charge in [0.2, 0.25) is 10.0 Å². The molecule has 1 N–H and O–H groups in total. The van der Waals surface area contributed by atoms with E-state index in [4.69, 9.17) is 0 Å². The first-order chi connectivity index (χ1) is 10.4. The predicted octanol–water partition coefficient (Wildman–Crippen LogP) is 3.74. The second-order valence-electron chi connectivity index (χ2n) is 5.83. The fraction of sp³-hybridized carbons (Fsp3) is 0.222. The Morgan fingerprint density at radius 2 is 1.64 bits per heavy atom. The van der Waals surface area contributed by atoms with Crippen molar-refractivity contribution in [3.63, 3.8) is 0 Å². The average Bonchev–Trinajstić information content (AvgIpc) is 2.77. The van der Waals surface area contributed by atoms with Crippen molar-refractivity contribution in [2.75, 3.05) is 0 Å². The van der Waals surface area contributed by atoms with Gasteiger partial charge in [0.15, 0.2) is 0 Å². The van der Waals surface area contributed by atoms with Crippen LogP contribution >= 0.6 is 0 Å². The van der Waals surface area contributed by atoms with E-state index in [0.29, 0.717) is 4.90 Å². The molecule has 22 heavy (non-hydrogen) atoms. The molecule has 0 radical (unpaired) electrons. The summed E-state index contributed by atoms with van der Waals surface area (Å²) in [6.07, 6.45) is 2.06. The topological polar surface area (TPSA) is 46.2 Å². The van der Waals surface area contributed by atoms with Gasteiger partial charge in [-0.1, -0.05) is 47.5 Å². The summed E-state index contributed by atoms with van der Waals surface area (Å²) in [5.41, 5.74) is 5.36. The zero-order valence-electron chi connectivity index (χ0n) is 12.9. The summed E-state index contributed by atoms with van der Waals surface area (Å²) in [6.45, 7) is 5.94. The lowest BCUT2D eigenvalue weighted by Gasteiger charge is -2.17. The molecule has 114 valence electrons. The molecule has 0 saturated heterocycles. The molecule has 1 unspecified atom stereocenters. The second-order valence-corrected chi connectivity index (χ2v) is 7.55. The monoisotopic (exact) mass is 313 g/mol. The molecule has 4 heteroatoms. The number of sulfonamides is 1. The Hall–Kier alpha value is -1.91. The summed E-state index contributed by atoms with van der Waals surface area (Å²) in [5.74, 6) is 0. The van der Waals surface area contributed by atoms with Gasteiger partial charge in [-0.15, -0.1) is 0 Å². The number of hydrogen-bond acceptors (Lipinski definition) is 2. The van der Waals surface area contributed by atoms with E-state index in [9.17, 15) is 8.42 Å². The predicted molar refractivity (Wildman–Crippen MR) is 89.1 cm³/mol. The van der Waals surface area contributed by atoms with Gasteiger partial charge in [0.05, 0.1) is 10.9 Å². The molecule has 3 nitrogen and oxygen atoms in total. The highest BCUT2D eigenvalue weighted by molar-refractivity contribution is 7.89. The lowest BCUT2D eigenvalue weighted by atomic mass is 10.0. The largest absolute Gasteiger partial charge is 0.241 e. The van der Waals surface area contributed by atoms with E-state index in [0.717, 1.165) is 27.8 Å². The lowest BCUT2D eigenvalue weighted by Crippen LogP contribution is -2.28. The summed E-state index contributed by atoms with van der Waals surface area (Å²) in [6, 6.07) is 12.6.